The average Bonchev–Trinajstić information content (AvgIpc) is 2.38. The van der Waals surface area contributed by atoms with E-state index in [1.165, 1.54) is 0 Å². The summed E-state index contributed by atoms with van der Waals surface area (Å²) in [6, 6.07) is 5.27. The Bertz CT molecular complexity index is 503. The Kier molecular flexibility index (Phi) is 2.38. The van der Waals surface area contributed by atoms with Crippen LogP contribution in [0, 0.1) is 0 Å². The topological polar surface area (TPSA) is 51.2 Å². The maximum Gasteiger partial charge on any atom is 0.179 e. The number of rotatable bonds is 2. The van der Waals surface area contributed by atoms with E-state index in [9.17, 15) is 13.2 Å². The molecule has 0 amide bonds. The average molecular weight is 224 g/mol. The molecule has 15 heavy (non-hydrogen) atoms. The van der Waals surface area contributed by atoms with Crippen LogP contribution in [0.2, 0.25) is 0 Å². The van der Waals surface area contributed by atoms with Gasteiger partial charge in [-0.05, 0) is 23.1 Å². The number of fused-ring (bicyclic) bond motifs is 1. The van der Waals surface area contributed by atoms with Crippen molar-refractivity contribution in [3.63, 3.8) is 0 Å². The van der Waals surface area contributed by atoms with Crippen molar-refractivity contribution in [2.75, 3.05) is 5.75 Å². The van der Waals surface area contributed by atoms with Gasteiger partial charge in [0, 0.05) is 6.42 Å². The molecule has 0 aliphatic carbocycles. The summed E-state index contributed by atoms with van der Waals surface area (Å²) in [4.78, 5) is 10.8. The van der Waals surface area contributed by atoms with Crippen molar-refractivity contribution < 1.29 is 13.2 Å². The highest BCUT2D eigenvalue weighted by molar-refractivity contribution is 7.91. The van der Waals surface area contributed by atoms with Gasteiger partial charge < -0.3 is 4.79 Å². The standard InChI is InChI=1S/C11H12O3S/c1-8-7-15(13,14)11-6-9(4-5-12)2-3-10(8)11/h2-3,5-6,8H,4,7H2,1H3. The normalized spacial score (nSPS) is 22.3. The van der Waals surface area contributed by atoms with Gasteiger partial charge in [-0.25, -0.2) is 8.42 Å². The number of hydrogen-bond acceptors (Lipinski definition) is 3. The van der Waals surface area contributed by atoms with Crippen molar-refractivity contribution in [2.45, 2.75) is 24.2 Å². The summed E-state index contributed by atoms with van der Waals surface area (Å²) < 4.78 is 23.5. The molecule has 1 heterocycles. The summed E-state index contributed by atoms with van der Waals surface area (Å²) in [5.41, 5.74) is 1.64. The Morgan fingerprint density at radius 2 is 2.20 bits per heavy atom. The molecule has 0 saturated heterocycles. The minimum absolute atomic E-state index is 0.0651. The van der Waals surface area contributed by atoms with Crippen LogP contribution in [-0.4, -0.2) is 20.5 Å². The molecule has 4 heteroatoms. The molecule has 2 rings (SSSR count). The number of aldehydes is 1. The molecular formula is C11H12O3S. The van der Waals surface area contributed by atoms with Gasteiger partial charge in [-0.3, -0.25) is 0 Å². The van der Waals surface area contributed by atoms with Crippen molar-refractivity contribution in [3.8, 4) is 0 Å². The monoisotopic (exact) mass is 224 g/mol. The fourth-order valence-electron chi connectivity index (χ4n) is 1.99. The molecule has 3 nitrogen and oxygen atoms in total. The van der Waals surface area contributed by atoms with Gasteiger partial charge >= 0.3 is 0 Å². The molecule has 1 aromatic carbocycles. The quantitative estimate of drug-likeness (QED) is 0.712. The van der Waals surface area contributed by atoms with Crippen LogP contribution in [0.3, 0.4) is 0 Å². The minimum atomic E-state index is -3.11. The van der Waals surface area contributed by atoms with E-state index in [0.717, 1.165) is 17.4 Å². The Labute approximate surface area is 89.0 Å². The maximum absolute atomic E-state index is 11.7. The lowest BCUT2D eigenvalue weighted by Gasteiger charge is -2.03. The van der Waals surface area contributed by atoms with E-state index >= 15 is 0 Å². The molecule has 1 aromatic rings. The zero-order valence-corrected chi connectivity index (χ0v) is 9.25. The third kappa shape index (κ3) is 1.69. The number of carbonyl (C=O) groups excluding carboxylic acids is 1. The molecular weight excluding hydrogens is 212 g/mol. The number of carbonyl (C=O) groups is 1. The number of benzene rings is 1. The van der Waals surface area contributed by atoms with E-state index in [1.54, 1.807) is 6.07 Å². The summed E-state index contributed by atoms with van der Waals surface area (Å²) in [5, 5.41) is 0. The van der Waals surface area contributed by atoms with Gasteiger partial charge in [-0.2, -0.15) is 0 Å². The summed E-state index contributed by atoms with van der Waals surface area (Å²) >= 11 is 0. The van der Waals surface area contributed by atoms with E-state index in [4.69, 9.17) is 0 Å². The Morgan fingerprint density at radius 1 is 1.47 bits per heavy atom. The van der Waals surface area contributed by atoms with E-state index < -0.39 is 9.84 Å². The highest BCUT2D eigenvalue weighted by Crippen LogP contribution is 2.34. The predicted molar refractivity (Wildman–Crippen MR) is 56.7 cm³/mol. The van der Waals surface area contributed by atoms with E-state index in [1.807, 2.05) is 19.1 Å². The van der Waals surface area contributed by atoms with Crippen molar-refractivity contribution in [1.82, 2.24) is 0 Å². The second kappa shape index (κ2) is 3.45. The van der Waals surface area contributed by atoms with Crippen LogP contribution >= 0.6 is 0 Å². The van der Waals surface area contributed by atoms with E-state index in [-0.39, 0.29) is 18.1 Å². The van der Waals surface area contributed by atoms with Crippen LogP contribution in [-0.2, 0) is 21.1 Å². The molecule has 1 aliphatic rings. The Balaban J connectivity index is 2.57. The van der Waals surface area contributed by atoms with Gasteiger partial charge in [0.15, 0.2) is 9.84 Å². The van der Waals surface area contributed by atoms with Crippen LogP contribution in [0.5, 0.6) is 0 Å². The molecule has 80 valence electrons. The van der Waals surface area contributed by atoms with Crippen molar-refractivity contribution in [1.29, 1.82) is 0 Å². The van der Waals surface area contributed by atoms with Gasteiger partial charge in [0.1, 0.15) is 6.29 Å². The van der Waals surface area contributed by atoms with Crippen molar-refractivity contribution in [3.05, 3.63) is 29.3 Å². The Hall–Kier alpha value is -1.16. The third-order valence-electron chi connectivity index (χ3n) is 2.73. The molecule has 1 unspecified atom stereocenters. The lowest BCUT2D eigenvalue weighted by atomic mass is 10.0. The summed E-state index contributed by atoms with van der Waals surface area (Å²) in [5.74, 6) is 0.252. The molecule has 0 fully saturated rings. The van der Waals surface area contributed by atoms with E-state index in [2.05, 4.69) is 0 Å². The molecule has 1 aliphatic heterocycles. The van der Waals surface area contributed by atoms with Gasteiger partial charge in [-0.15, -0.1) is 0 Å². The summed E-state index contributed by atoms with van der Waals surface area (Å²) in [6.07, 6.45) is 1.06. The molecule has 0 aromatic heterocycles. The zero-order valence-electron chi connectivity index (χ0n) is 8.43. The predicted octanol–water partition coefficient (Wildman–Crippen LogP) is 1.32. The van der Waals surface area contributed by atoms with Crippen LogP contribution in [0.1, 0.15) is 24.0 Å². The fourth-order valence-corrected chi connectivity index (χ4v) is 3.96. The molecule has 0 N–H and O–H groups in total. The highest BCUT2D eigenvalue weighted by Gasteiger charge is 2.31. The first-order chi connectivity index (χ1) is 7.04. The van der Waals surface area contributed by atoms with Gasteiger partial charge in [0.25, 0.3) is 0 Å². The van der Waals surface area contributed by atoms with Crippen LogP contribution in [0.4, 0.5) is 0 Å². The van der Waals surface area contributed by atoms with Gasteiger partial charge in [0.05, 0.1) is 10.6 Å². The maximum atomic E-state index is 11.7. The highest BCUT2D eigenvalue weighted by atomic mass is 32.2. The lowest BCUT2D eigenvalue weighted by molar-refractivity contribution is -0.107. The summed E-state index contributed by atoms with van der Waals surface area (Å²) in [7, 11) is -3.11. The zero-order chi connectivity index (χ0) is 11.1. The van der Waals surface area contributed by atoms with Crippen LogP contribution in [0.15, 0.2) is 23.1 Å². The lowest BCUT2D eigenvalue weighted by Crippen LogP contribution is -2.00. The molecule has 0 bridgehead atoms. The van der Waals surface area contributed by atoms with Crippen LogP contribution < -0.4 is 0 Å². The van der Waals surface area contributed by atoms with Gasteiger partial charge in [-0.1, -0.05) is 19.1 Å². The first-order valence-corrected chi connectivity index (χ1v) is 6.49. The van der Waals surface area contributed by atoms with Crippen molar-refractivity contribution >= 4 is 16.1 Å². The SMILES string of the molecule is CC1CS(=O)(=O)c2cc(CC=O)ccc21. The number of hydrogen-bond donors (Lipinski definition) is 0. The van der Waals surface area contributed by atoms with Crippen LogP contribution in [0.25, 0.3) is 0 Å². The van der Waals surface area contributed by atoms with E-state index in [0.29, 0.717) is 4.90 Å². The summed E-state index contributed by atoms with van der Waals surface area (Å²) in [6.45, 7) is 1.91. The molecule has 1 atom stereocenters. The smallest absolute Gasteiger partial charge is 0.179 e. The van der Waals surface area contributed by atoms with Gasteiger partial charge in [0.2, 0.25) is 0 Å². The molecule has 0 radical (unpaired) electrons. The minimum Gasteiger partial charge on any atom is -0.303 e. The second-order valence-electron chi connectivity index (χ2n) is 3.93. The molecule has 0 saturated carbocycles. The third-order valence-corrected chi connectivity index (χ3v) is 4.69. The second-order valence-corrected chi connectivity index (χ2v) is 5.93. The fraction of sp³-hybridized carbons (Fsp3) is 0.364. The first-order valence-electron chi connectivity index (χ1n) is 4.84. The number of sulfone groups is 1. The molecule has 0 spiro atoms. The van der Waals surface area contributed by atoms with Crippen molar-refractivity contribution in [2.24, 2.45) is 0 Å². The Morgan fingerprint density at radius 3 is 2.87 bits per heavy atom. The first kappa shape index (κ1) is 10.4. The largest absolute Gasteiger partial charge is 0.303 e.